The molecule has 0 aliphatic heterocycles. The summed E-state index contributed by atoms with van der Waals surface area (Å²) in [6.07, 6.45) is 1.42. The van der Waals surface area contributed by atoms with Gasteiger partial charge in [-0.1, -0.05) is 12.1 Å². The van der Waals surface area contributed by atoms with Crippen LogP contribution in [-0.4, -0.2) is 25.2 Å². The molecule has 2 aromatic rings. The van der Waals surface area contributed by atoms with Gasteiger partial charge in [0.25, 0.3) is 5.91 Å². The number of carbonyl (C=O) groups excluding carboxylic acids is 1. The summed E-state index contributed by atoms with van der Waals surface area (Å²) in [5, 5.41) is 3.56. The average molecular weight is 300 g/mol. The SMILES string of the molecule is CCS(=O)(=O)c1sc(C(N)=O)c(C)c1-c1ccno1. The molecule has 1 amide bonds. The van der Waals surface area contributed by atoms with Crippen molar-refractivity contribution in [1.29, 1.82) is 0 Å². The molecule has 0 saturated heterocycles. The van der Waals surface area contributed by atoms with Gasteiger partial charge in [-0.05, 0) is 12.5 Å². The van der Waals surface area contributed by atoms with Crippen LogP contribution in [0.1, 0.15) is 22.2 Å². The highest BCUT2D eigenvalue weighted by Gasteiger charge is 2.28. The summed E-state index contributed by atoms with van der Waals surface area (Å²) in [6.45, 7) is 3.18. The molecule has 0 bridgehead atoms. The number of hydrogen-bond donors (Lipinski definition) is 1. The van der Waals surface area contributed by atoms with E-state index in [4.69, 9.17) is 10.3 Å². The third-order valence-corrected chi connectivity index (χ3v) is 6.33. The zero-order chi connectivity index (χ0) is 14.2. The summed E-state index contributed by atoms with van der Waals surface area (Å²) in [7, 11) is -3.47. The number of rotatable bonds is 4. The van der Waals surface area contributed by atoms with Crippen LogP contribution in [0.2, 0.25) is 0 Å². The van der Waals surface area contributed by atoms with E-state index >= 15 is 0 Å². The third kappa shape index (κ3) is 2.28. The van der Waals surface area contributed by atoms with E-state index in [9.17, 15) is 13.2 Å². The first-order valence-corrected chi connectivity index (χ1v) is 7.92. The number of hydrogen-bond acceptors (Lipinski definition) is 6. The number of aromatic nitrogens is 1. The standard InChI is InChI=1S/C11H12N2O4S2/c1-3-19(15,16)11-8(7-4-5-13-17-7)6(2)9(18-11)10(12)14/h4-5H,3H2,1-2H3,(H2,12,14). The minimum atomic E-state index is -3.47. The topological polar surface area (TPSA) is 103 Å². The van der Waals surface area contributed by atoms with E-state index in [2.05, 4.69) is 5.16 Å². The van der Waals surface area contributed by atoms with E-state index in [0.717, 1.165) is 11.3 Å². The van der Waals surface area contributed by atoms with E-state index < -0.39 is 15.7 Å². The highest BCUT2D eigenvalue weighted by Crippen LogP contribution is 2.39. The van der Waals surface area contributed by atoms with Crippen molar-refractivity contribution in [2.24, 2.45) is 5.73 Å². The Kier molecular flexibility index (Phi) is 3.46. The molecule has 2 N–H and O–H groups in total. The van der Waals surface area contributed by atoms with Gasteiger partial charge in [0.1, 0.15) is 4.21 Å². The second kappa shape index (κ2) is 4.78. The first-order chi connectivity index (χ1) is 8.88. The molecule has 0 atom stereocenters. The Morgan fingerprint density at radius 2 is 2.21 bits per heavy atom. The molecule has 0 radical (unpaired) electrons. The lowest BCUT2D eigenvalue weighted by atomic mass is 10.1. The molecule has 0 aliphatic rings. The predicted molar refractivity (Wildman–Crippen MR) is 70.8 cm³/mol. The lowest BCUT2D eigenvalue weighted by Gasteiger charge is -2.01. The number of nitrogens with two attached hydrogens (primary N) is 1. The van der Waals surface area contributed by atoms with Crippen LogP contribution >= 0.6 is 11.3 Å². The molecule has 0 aliphatic carbocycles. The zero-order valence-corrected chi connectivity index (χ0v) is 12.0. The summed E-state index contributed by atoms with van der Waals surface area (Å²) in [6, 6.07) is 1.55. The molecule has 102 valence electrons. The average Bonchev–Trinajstić information content (AvgIpc) is 2.95. The zero-order valence-electron chi connectivity index (χ0n) is 10.3. The first kappa shape index (κ1) is 13.8. The quantitative estimate of drug-likeness (QED) is 0.923. The monoisotopic (exact) mass is 300 g/mol. The Bertz CT molecular complexity index is 714. The first-order valence-electron chi connectivity index (χ1n) is 5.45. The molecule has 8 heteroatoms. The maximum absolute atomic E-state index is 12.1. The van der Waals surface area contributed by atoms with Crippen molar-refractivity contribution in [3.63, 3.8) is 0 Å². The van der Waals surface area contributed by atoms with Crippen LogP contribution in [0.25, 0.3) is 11.3 Å². The van der Waals surface area contributed by atoms with Crippen LogP contribution in [0, 0.1) is 6.92 Å². The summed E-state index contributed by atoms with van der Waals surface area (Å²) in [5.41, 5.74) is 6.14. The predicted octanol–water partition coefficient (Wildman–Crippen LogP) is 1.60. The molecule has 0 unspecified atom stereocenters. The molecular weight excluding hydrogens is 288 g/mol. The van der Waals surface area contributed by atoms with Crippen molar-refractivity contribution >= 4 is 27.1 Å². The van der Waals surface area contributed by atoms with Gasteiger partial charge in [0.15, 0.2) is 15.6 Å². The molecule has 0 spiro atoms. The van der Waals surface area contributed by atoms with E-state index in [1.807, 2.05) is 0 Å². The van der Waals surface area contributed by atoms with Crippen LogP contribution in [0.4, 0.5) is 0 Å². The number of carbonyl (C=O) groups is 1. The number of primary amides is 1. The van der Waals surface area contributed by atoms with Crippen LogP contribution in [0.15, 0.2) is 21.0 Å². The number of amides is 1. The van der Waals surface area contributed by atoms with Crippen molar-refractivity contribution in [2.45, 2.75) is 18.1 Å². The lowest BCUT2D eigenvalue weighted by Crippen LogP contribution is -2.10. The van der Waals surface area contributed by atoms with Gasteiger partial charge in [-0.25, -0.2) is 8.42 Å². The van der Waals surface area contributed by atoms with Gasteiger partial charge < -0.3 is 10.3 Å². The summed E-state index contributed by atoms with van der Waals surface area (Å²) >= 11 is 0.874. The molecule has 0 saturated carbocycles. The Morgan fingerprint density at radius 1 is 1.53 bits per heavy atom. The maximum Gasteiger partial charge on any atom is 0.259 e. The van der Waals surface area contributed by atoms with Gasteiger partial charge in [0, 0.05) is 6.07 Å². The molecule has 0 aromatic carbocycles. The second-order valence-corrected chi connectivity index (χ2v) is 7.36. The fourth-order valence-corrected chi connectivity index (χ4v) is 4.54. The van der Waals surface area contributed by atoms with Crippen molar-refractivity contribution in [2.75, 3.05) is 5.75 Å². The Morgan fingerprint density at radius 3 is 2.68 bits per heavy atom. The van der Waals surface area contributed by atoms with Crippen LogP contribution < -0.4 is 5.73 Å². The number of thiophene rings is 1. The minimum absolute atomic E-state index is 0.0632. The van der Waals surface area contributed by atoms with Crippen LogP contribution in [0.5, 0.6) is 0 Å². The smallest absolute Gasteiger partial charge is 0.259 e. The van der Waals surface area contributed by atoms with E-state index in [-0.39, 0.29) is 14.8 Å². The fraction of sp³-hybridized carbons (Fsp3) is 0.273. The van der Waals surface area contributed by atoms with E-state index in [1.165, 1.54) is 6.20 Å². The van der Waals surface area contributed by atoms with Crippen LogP contribution in [-0.2, 0) is 9.84 Å². The van der Waals surface area contributed by atoms with Gasteiger partial charge in [0.05, 0.1) is 22.4 Å². The number of sulfone groups is 1. The molecule has 2 rings (SSSR count). The molecule has 2 aromatic heterocycles. The van der Waals surface area contributed by atoms with Gasteiger partial charge >= 0.3 is 0 Å². The maximum atomic E-state index is 12.1. The summed E-state index contributed by atoms with van der Waals surface area (Å²) < 4.78 is 29.3. The van der Waals surface area contributed by atoms with Gasteiger partial charge in [-0.2, -0.15) is 0 Å². The van der Waals surface area contributed by atoms with Crippen molar-refractivity contribution in [3.8, 4) is 11.3 Å². The highest BCUT2D eigenvalue weighted by atomic mass is 32.2. The molecule has 0 fully saturated rings. The van der Waals surface area contributed by atoms with Gasteiger partial charge in [-0.3, -0.25) is 4.79 Å². The van der Waals surface area contributed by atoms with Crippen molar-refractivity contribution < 1.29 is 17.7 Å². The number of nitrogens with zero attached hydrogens (tertiary/aromatic N) is 1. The minimum Gasteiger partial charge on any atom is -0.365 e. The largest absolute Gasteiger partial charge is 0.365 e. The fourth-order valence-electron chi connectivity index (χ4n) is 1.70. The van der Waals surface area contributed by atoms with Crippen molar-refractivity contribution in [1.82, 2.24) is 5.16 Å². The third-order valence-electron chi connectivity index (χ3n) is 2.68. The summed E-state index contributed by atoms with van der Waals surface area (Å²) in [5.74, 6) is -0.402. The second-order valence-electron chi connectivity index (χ2n) is 3.86. The molecular formula is C11H12N2O4S2. The van der Waals surface area contributed by atoms with Crippen LogP contribution in [0.3, 0.4) is 0 Å². The highest BCUT2D eigenvalue weighted by molar-refractivity contribution is 7.93. The molecule has 19 heavy (non-hydrogen) atoms. The molecule has 6 nitrogen and oxygen atoms in total. The van der Waals surface area contributed by atoms with E-state index in [0.29, 0.717) is 16.9 Å². The molecule has 2 heterocycles. The van der Waals surface area contributed by atoms with Crippen molar-refractivity contribution in [3.05, 3.63) is 22.7 Å². The van der Waals surface area contributed by atoms with Gasteiger partial charge in [-0.15, -0.1) is 11.3 Å². The Balaban J connectivity index is 2.80. The Hall–Kier alpha value is -1.67. The van der Waals surface area contributed by atoms with E-state index in [1.54, 1.807) is 19.9 Å². The Labute approximate surface area is 114 Å². The summed E-state index contributed by atoms with van der Waals surface area (Å²) in [4.78, 5) is 11.6. The normalized spacial score (nSPS) is 11.7. The lowest BCUT2D eigenvalue weighted by molar-refractivity contribution is 0.100. The van der Waals surface area contributed by atoms with Gasteiger partial charge in [0.2, 0.25) is 0 Å².